The SMILES string of the molecule is COC(=O)C(=O)/C=C/c1ccc(Br)c(F)c1. The lowest BCUT2D eigenvalue weighted by Gasteiger charge is -1.96. The molecule has 0 N–H and O–H groups in total. The molecule has 0 aliphatic heterocycles. The summed E-state index contributed by atoms with van der Waals surface area (Å²) in [5, 5.41) is 0. The highest BCUT2D eigenvalue weighted by molar-refractivity contribution is 9.10. The molecule has 0 aliphatic carbocycles. The van der Waals surface area contributed by atoms with Gasteiger partial charge in [-0.1, -0.05) is 12.1 Å². The zero-order valence-electron chi connectivity index (χ0n) is 8.37. The average molecular weight is 287 g/mol. The molecule has 1 aromatic rings. The highest BCUT2D eigenvalue weighted by Crippen LogP contribution is 2.17. The predicted molar refractivity (Wildman–Crippen MR) is 60.2 cm³/mol. The number of carbonyl (C=O) groups excluding carboxylic acids is 2. The van der Waals surface area contributed by atoms with Crippen molar-refractivity contribution in [3.63, 3.8) is 0 Å². The summed E-state index contributed by atoms with van der Waals surface area (Å²) in [6, 6.07) is 4.36. The Morgan fingerprint density at radius 2 is 2.12 bits per heavy atom. The molecule has 0 fully saturated rings. The highest BCUT2D eigenvalue weighted by atomic mass is 79.9. The van der Waals surface area contributed by atoms with Crippen molar-refractivity contribution in [2.24, 2.45) is 0 Å². The van der Waals surface area contributed by atoms with Crippen LogP contribution in [0.3, 0.4) is 0 Å². The summed E-state index contributed by atoms with van der Waals surface area (Å²) in [6.45, 7) is 0. The first-order valence-electron chi connectivity index (χ1n) is 4.30. The Balaban J connectivity index is 2.81. The second-order valence-corrected chi connectivity index (χ2v) is 3.72. The maximum atomic E-state index is 13.1. The number of carbonyl (C=O) groups is 2. The molecule has 0 unspecified atom stereocenters. The molecule has 0 spiro atoms. The predicted octanol–water partition coefficient (Wildman–Crippen LogP) is 2.34. The topological polar surface area (TPSA) is 43.4 Å². The average Bonchev–Trinajstić information content (AvgIpc) is 2.29. The third-order valence-electron chi connectivity index (χ3n) is 1.76. The standard InChI is InChI=1S/C11H8BrFO3/c1-16-11(15)10(14)5-3-7-2-4-8(12)9(13)6-7/h2-6H,1H3/b5-3+. The molecule has 0 radical (unpaired) electrons. The number of methoxy groups -OCH3 is 1. The normalized spacial score (nSPS) is 10.4. The van der Waals surface area contributed by atoms with Crippen LogP contribution in [0.15, 0.2) is 28.7 Å². The van der Waals surface area contributed by atoms with Crippen LogP contribution in [0.2, 0.25) is 0 Å². The molecule has 0 amide bonds. The molecule has 0 saturated carbocycles. The van der Waals surface area contributed by atoms with Gasteiger partial charge in [-0.2, -0.15) is 0 Å². The minimum Gasteiger partial charge on any atom is -0.463 e. The molecule has 1 aromatic carbocycles. The van der Waals surface area contributed by atoms with E-state index in [1.165, 1.54) is 18.2 Å². The van der Waals surface area contributed by atoms with Gasteiger partial charge < -0.3 is 4.74 Å². The smallest absolute Gasteiger partial charge is 0.378 e. The Morgan fingerprint density at radius 1 is 1.44 bits per heavy atom. The van der Waals surface area contributed by atoms with Crippen LogP contribution in [-0.4, -0.2) is 18.9 Å². The van der Waals surface area contributed by atoms with Gasteiger partial charge in [0.15, 0.2) is 0 Å². The number of hydrogen-bond acceptors (Lipinski definition) is 3. The van der Waals surface area contributed by atoms with Crippen LogP contribution in [0.4, 0.5) is 4.39 Å². The monoisotopic (exact) mass is 286 g/mol. The molecule has 1 rings (SSSR count). The number of rotatable bonds is 3. The number of halogens is 2. The third-order valence-corrected chi connectivity index (χ3v) is 2.40. The lowest BCUT2D eigenvalue weighted by atomic mass is 10.2. The van der Waals surface area contributed by atoms with Crippen molar-refractivity contribution in [2.45, 2.75) is 0 Å². The van der Waals surface area contributed by atoms with Gasteiger partial charge in [-0.3, -0.25) is 4.79 Å². The first-order chi connectivity index (χ1) is 7.54. The molecule has 3 nitrogen and oxygen atoms in total. The van der Waals surface area contributed by atoms with Crippen molar-refractivity contribution in [2.75, 3.05) is 7.11 Å². The Labute approximate surface area is 100 Å². The summed E-state index contributed by atoms with van der Waals surface area (Å²) >= 11 is 3.00. The maximum absolute atomic E-state index is 13.1. The lowest BCUT2D eigenvalue weighted by molar-refractivity contribution is -0.149. The molecule has 0 aliphatic rings. The van der Waals surface area contributed by atoms with Gasteiger partial charge in [-0.15, -0.1) is 0 Å². The van der Waals surface area contributed by atoms with E-state index in [0.29, 0.717) is 10.0 Å². The molecule has 0 aromatic heterocycles. The van der Waals surface area contributed by atoms with E-state index in [9.17, 15) is 14.0 Å². The Bertz CT molecular complexity index is 455. The third kappa shape index (κ3) is 3.27. The van der Waals surface area contributed by atoms with Gasteiger partial charge in [0.1, 0.15) is 5.82 Å². The summed E-state index contributed by atoms with van der Waals surface area (Å²) in [5.41, 5.74) is 0.484. The van der Waals surface area contributed by atoms with Crippen molar-refractivity contribution >= 4 is 33.8 Å². The quantitative estimate of drug-likeness (QED) is 0.487. The van der Waals surface area contributed by atoms with E-state index in [1.54, 1.807) is 6.07 Å². The fourth-order valence-electron chi connectivity index (χ4n) is 0.957. The van der Waals surface area contributed by atoms with Crippen LogP contribution in [0.1, 0.15) is 5.56 Å². The minimum absolute atomic E-state index is 0.337. The molecule has 0 saturated heterocycles. The molecule has 5 heteroatoms. The largest absolute Gasteiger partial charge is 0.463 e. The Morgan fingerprint density at radius 3 is 2.69 bits per heavy atom. The van der Waals surface area contributed by atoms with Gasteiger partial charge >= 0.3 is 5.97 Å². The van der Waals surface area contributed by atoms with Gasteiger partial charge in [0.2, 0.25) is 0 Å². The highest BCUT2D eigenvalue weighted by Gasteiger charge is 2.08. The van der Waals surface area contributed by atoms with Gasteiger partial charge in [0.25, 0.3) is 5.78 Å². The zero-order chi connectivity index (χ0) is 12.1. The molecule has 0 bridgehead atoms. The van der Waals surface area contributed by atoms with Gasteiger partial charge in [-0.05, 0) is 39.7 Å². The number of ketones is 1. The first kappa shape index (κ1) is 12.6. The molecule has 84 valence electrons. The lowest BCUT2D eigenvalue weighted by Crippen LogP contribution is -2.12. The van der Waals surface area contributed by atoms with Crippen molar-refractivity contribution < 1.29 is 18.7 Å². The van der Waals surface area contributed by atoms with Crippen LogP contribution < -0.4 is 0 Å². The van der Waals surface area contributed by atoms with Crippen LogP contribution in [0, 0.1) is 5.82 Å². The maximum Gasteiger partial charge on any atom is 0.378 e. The molecule has 0 heterocycles. The number of esters is 1. The second kappa shape index (κ2) is 5.55. The van der Waals surface area contributed by atoms with Gasteiger partial charge in [0, 0.05) is 0 Å². The summed E-state index contributed by atoms with van der Waals surface area (Å²) in [5.74, 6) is -2.17. The fourth-order valence-corrected chi connectivity index (χ4v) is 1.20. The van der Waals surface area contributed by atoms with E-state index in [1.807, 2.05) is 0 Å². The van der Waals surface area contributed by atoms with Crippen LogP contribution >= 0.6 is 15.9 Å². The summed E-state index contributed by atoms with van der Waals surface area (Å²) < 4.78 is 17.6. The minimum atomic E-state index is -0.950. The van der Waals surface area contributed by atoms with Crippen LogP contribution in [0.25, 0.3) is 6.08 Å². The van der Waals surface area contributed by atoms with E-state index >= 15 is 0 Å². The molecule has 16 heavy (non-hydrogen) atoms. The van der Waals surface area contributed by atoms with E-state index in [0.717, 1.165) is 13.2 Å². The zero-order valence-corrected chi connectivity index (χ0v) is 9.95. The van der Waals surface area contributed by atoms with Crippen molar-refractivity contribution in [3.05, 3.63) is 40.1 Å². The summed E-state index contributed by atoms with van der Waals surface area (Å²) in [6.07, 6.45) is 2.38. The Kier molecular flexibility index (Phi) is 4.37. The van der Waals surface area contributed by atoms with Gasteiger partial charge in [-0.25, -0.2) is 9.18 Å². The number of ether oxygens (including phenoxy) is 1. The van der Waals surface area contributed by atoms with E-state index < -0.39 is 17.6 Å². The van der Waals surface area contributed by atoms with E-state index in [2.05, 4.69) is 20.7 Å². The Hall–Kier alpha value is -1.49. The van der Waals surface area contributed by atoms with Gasteiger partial charge in [0.05, 0.1) is 11.6 Å². The second-order valence-electron chi connectivity index (χ2n) is 2.86. The summed E-state index contributed by atoms with van der Waals surface area (Å²) in [7, 11) is 1.12. The van der Waals surface area contributed by atoms with Crippen molar-refractivity contribution in [1.82, 2.24) is 0 Å². The fraction of sp³-hybridized carbons (Fsp3) is 0.0909. The van der Waals surface area contributed by atoms with Crippen molar-refractivity contribution in [3.8, 4) is 0 Å². The van der Waals surface area contributed by atoms with Crippen LogP contribution in [-0.2, 0) is 14.3 Å². The van der Waals surface area contributed by atoms with Crippen LogP contribution in [0.5, 0.6) is 0 Å². The van der Waals surface area contributed by atoms with E-state index in [4.69, 9.17) is 0 Å². The summed E-state index contributed by atoms with van der Waals surface area (Å²) in [4.78, 5) is 21.8. The first-order valence-corrected chi connectivity index (χ1v) is 5.09. The van der Waals surface area contributed by atoms with Crippen molar-refractivity contribution in [1.29, 1.82) is 0 Å². The van der Waals surface area contributed by atoms with E-state index in [-0.39, 0.29) is 0 Å². The number of benzene rings is 1. The molecular formula is C11H8BrFO3. The number of hydrogen-bond donors (Lipinski definition) is 0. The molecule has 0 atom stereocenters. The molecular weight excluding hydrogens is 279 g/mol.